The first kappa shape index (κ1) is 23.8. The lowest BCUT2D eigenvalue weighted by Crippen LogP contribution is -2.54. The zero-order valence-electron chi connectivity index (χ0n) is 17.8. The number of guanidine groups is 1. The summed E-state index contributed by atoms with van der Waals surface area (Å²) in [6, 6.07) is 7.64. The minimum Gasteiger partial charge on any atom is -0.349 e. The second-order valence-corrected chi connectivity index (χ2v) is 8.20. The Bertz CT molecular complexity index is 915. The van der Waals surface area contributed by atoms with Gasteiger partial charge in [0, 0.05) is 44.7 Å². The quantitative estimate of drug-likeness (QED) is 0.355. The molecule has 2 aromatic rings. The third-order valence-electron chi connectivity index (χ3n) is 5.71. The predicted octanol–water partition coefficient (Wildman–Crippen LogP) is 2.70. The van der Waals surface area contributed by atoms with Crippen LogP contribution in [0.15, 0.2) is 29.3 Å². The average molecular weight is 558 g/mol. The zero-order chi connectivity index (χ0) is 20.9. The molecule has 168 valence electrons. The molecule has 1 aromatic carbocycles. The molecular weight excluding hydrogens is 529 g/mol. The lowest BCUT2D eigenvalue weighted by Gasteiger charge is -2.36. The highest BCUT2D eigenvalue weighted by Gasteiger charge is 2.26. The Hall–Kier alpha value is -1.88. The van der Waals surface area contributed by atoms with Crippen LogP contribution < -0.4 is 5.32 Å². The molecule has 1 saturated heterocycles. The lowest BCUT2D eigenvalue weighted by atomic mass is 10.2. The van der Waals surface area contributed by atoms with Crippen LogP contribution in [-0.2, 0) is 30.8 Å². The Labute approximate surface area is 205 Å². The summed E-state index contributed by atoms with van der Waals surface area (Å²) in [5.41, 5.74) is 1.08. The largest absolute Gasteiger partial charge is 0.349 e. The summed E-state index contributed by atoms with van der Waals surface area (Å²) in [5.74, 6) is 2.82. The van der Waals surface area contributed by atoms with Gasteiger partial charge < -0.3 is 19.7 Å². The maximum Gasteiger partial charge on any atom is 0.242 e. The molecule has 1 N–H and O–H groups in total. The fourth-order valence-electron chi connectivity index (χ4n) is 4.03. The number of fused-ring (bicyclic) bond motifs is 1. The molecule has 2 aliphatic rings. The van der Waals surface area contributed by atoms with Gasteiger partial charge in [0.05, 0.1) is 13.1 Å². The van der Waals surface area contributed by atoms with Crippen molar-refractivity contribution in [3.05, 3.63) is 46.5 Å². The minimum atomic E-state index is 0. The third kappa shape index (κ3) is 5.88. The van der Waals surface area contributed by atoms with Crippen LogP contribution in [0, 0.1) is 0 Å². The van der Waals surface area contributed by atoms with Crippen LogP contribution in [0.3, 0.4) is 0 Å². The van der Waals surface area contributed by atoms with E-state index in [1.807, 2.05) is 34.1 Å². The van der Waals surface area contributed by atoms with Crippen LogP contribution >= 0.6 is 35.6 Å². The predicted molar refractivity (Wildman–Crippen MR) is 132 cm³/mol. The topological polar surface area (TPSA) is 78.7 Å². The first-order chi connectivity index (χ1) is 14.6. The number of nitrogens with one attached hydrogen (secondary N) is 1. The number of amides is 1. The number of carbonyl (C=O) groups is 1. The Balaban J connectivity index is 0.00000272. The summed E-state index contributed by atoms with van der Waals surface area (Å²) < 4.78 is 2.22. The van der Waals surface area contributed by atoms with Crippen molar-refractivity contribution in [3.8, 4) is 0 Å². The van der Waals surface area contributed by atoms with Gasteiger partial charge in [-0.1, -0.05) is 30.2 Å². The van der Waals surface area contributed by atoms with Crippen LogP contribution in [-0.4, -0.2) is 63.1 Å². The number of aliphatic imine (C=N–C) groups is 1. The molecule has 1 aromatic heterocycles. The molecule has 0 bridgehead atoms. The molecule has 8 nitrogen and oxygen atoms in total. The van der Waals surface area contributed by atoms with E-state index in [0.717, 1.165) is 49.1 Å². The zero-order valence-corrected chi connectivity index (χ0v) is 20.8. The van der Waals surface area contributed by atoms with Gasteiger partial charge >= 0.3 is 0 Å². The number of hydrogen-bond acceptors (Lipinski definition) is 4. The van der Waals surface area contributed by atoms with Crippen molar-refractivity contribution in [2.45, 2.75) is 45.3 Å². The number of piperazine rings is 1. The number of halogens is 2. The van der Waals surface area contributed by atoms with Crippen molar-refractivity contribution in [2.75, 3.05) is 26.7 Å². The molecule has 31 heavy (non-hydrogen) atoms. The van der Waals surface area contributed by atoms with Gasteiger partial charge in [-0.3, -0.25) is 9.79 Å². The van der Waals surface area contributed by atoms with Gasteiger partial charge in [0.1, 0.15) is 5.82 Å². The van der Waals surface area contributed by atoms with Crippen LogP contribution in [0.1, 0.15) is 36.5 Å². The Morgan fingerprint density at radius 3 is 2.68 bits per heavy atom. The number of benzene rings is 1. The van der Waals surface area contributed by atoms with Crippen LogP contribution in [0.25, 0.3) is 0 Å². The monoisotopic (exact) mass is 557 g/mol. The van der Waals surface area contributed by atoms with E-state index in [-0.39, 0.29) is 29.9 Å². The Morgan fingerprint density at radius 2 is 1.94 bits per heavy atom. The summed E-state index contributed by atoms with van der Waals surface area (Å²) in [5, 5.41) is 12.8. The highest BCUT2D eigenvalue weighted by molar-refractivity contribution is 14.0. The van der Waals surface area contributed by atoms with Crippen molar-refractivity contribution in [1.29, 1.82) is 0 Å². The molecule has 4 rings (SSSR count). The molecule has 1 fully saturated rings. The molecule has 0 atom stereocenters. The van der Waals surface area contributed by atoms with Gasteiger partial charge in [-0.2, -0.15) is 0 Å². The maximum absolute atomic E-state index is 12.7. The summed E-state index contributed by atoms with van der Waals surface area (Å²) in [6.45, 7) is 3.82. The summed E-state index contributed by atoms with van der Waals surface area (Å²) in [6.07, 6.45) is 4.57. The Morgan fingerprint density at radius 1 is 1.13 bits per heavy atom. The van der Waals surface area contributed by atoms with Crippen molar-refractivity contribution in [1.82, 2.24) is 29.9 Å². The van der Waals surface area contributed by atoms with Crippen LogP contribution in [0.4, 0.5) is 0 Å². The fraction of sp³-hybridized carbons (Fsp3) is 0.524. The molecule has 0 unspecified atom stereocenters. The summed E-state index contributed by atoms with van der Waals surface area (Å²) in [7, 11) is 1.75. The van der Waals surface area contributed by atoms with Crippen LogP contribution in [0.5, 0.6) is 0 Å². The second kappa shape index (κ2) is 11.1. The fourth-order valence-corrected chi connectivity index (χ4v) is 4.16. The van der Waals surface area contributed by atoms with E-state index in [2.05, 4.69) is 25.1 Å². The smallest absolute Gasteiger partial charge is 0.242 e. The summed E-state index contributed by atoms with van der Waals surface area (Å²) in [4.78, 5) is 21.0. The van der Waals surface area contributed by atoms with Gasteiger partial charge in [-0.15, -0.1) is 34.2 Å². The molecule has 3 heterocycles. The number of rotatable bonds is 4. The summed E-state index contributed by atoms with van der Waals surface area (Å²) >= 11 is 5.95. The van der Waals surface area contributed by atoms with E-state index in [1.54, 1.807) is 7.05 Å². The van der Waals surface area contributed by atoms with E-state index in [4.69, 9.17) is 11.6 Å². The highest BCUT2D eigenvalue weighted by atomic mass is 127. The molecular formula is C21H29ClIN7O. The molecule has 2 aliphatic heterocycles. The van der Waals surface area contributed by atoms with Crippen molar-refractivity contribution >= 4 is 47.4 Å². The Kier molecular flexibility index (Phi) is 8.53. The molecule has 0 radical (unpaired) electrons. The van der Waals surface area contributed by atoms with E-state index in [1.165, 1.54) is 12.8 Å². The van der Waals surface area contributed by atoms with Crippen molar-refractivity contribution < 1.29 is 4.79 Å². The number of aryl methyl sites for hydroxylation is 1. The first-order valence-corrected chi connectivity index (χ1v) is 10.9. The number of nitrogens with zero attached hydrogens (tertiary/aromatic N) is 6. The van der Waals surface area contributed by atoms with Gasteiger partial charge in [0.25, 0.3) is 0 Å². The second-order valence-electron chi connectivity index (χ2n) is 7.76. The minimum absolute atomic E-state index is 0. The maximum atomic E-state index is 12.7. The van der Waals surface area contributed by atoms with Gasteiger partial charge in [0.2, 0.25) is 5.91 Å². The molecule has 1 amide bonds. The highest BCUT2D eigenvalue weighted by Crippen LogP contribution is 2.15. The third-order valence-corrected chi connectivity index (χ3v) is 5.96. The number of carbonyl (C=O) groups excluding carboxylic acids is 1. The van der Waals surface area contributed by atoms with E-state index < -0.39 is 0 Å². The SMILES string of the molecule is CN=C(NCc1nnc2n1CCCCC2)N1CCN(Cc2ccc(Cl)cc2)C(=O)C1.I. The van der Waals surface area contributed by atoms with E-state index in [9.17, 15) is 4.79 Å². The first-order valence-electron chi connectivity index (χ1n) is 10.5. The normalized spacial score (nSPS) is 17.1. The number of aromatic nitrogens is 3. The molecule has 10 heteroatoms. The van der Waals surface area contributed by atoms with Gasteiger partial charge in [0.15, 0.2) is 11.8 Å². The molecule has 0 spiro atoms. The van der Waals surface area contributed by atoms with Crippen molar-refractivity contribution in [3.63, 3.8) is 0 Å². The van der Waals surface area contributed by atoms with Crippen LogP contribution in [0.2, 0.25) is 5.02 Å². The van der Waals surface area contributed by atoms with Gasteiger partial charge in [-0.25, -0.2) is 0 Å². The average Bonchev–Trinajstić information content (AvgIpc) is 2.98. The standard InChI is InChI=1S/C21H28ClN7O.HI/c1-23-21(24-13-19-26-25-18-5-3-2-4-10-29(18)19)28-12-11-27(20(30)15-28)14-16-6-8-17(22)9-7-16;/h6-9H,2-5,10-15H2,1H3,(H,23,24);1H. The number of hydrogen-bond donors (Lipinski definition) is 1. The van der Waals surface area contributed by atoms with Gasteiger partial charge in [-0.05, 0) is 30.5 Å². The lowest BCUT2D eigenvalue weighted by molar-refractivity contribution is -0.135. The molecule has 0 aliphatic carbocycles. The molecule has 0 saturated carbocycles. The van der Waals surface area contributed by atoms with E-state index in [0.29, 0.717) is 31.2 Å². The van der Waals surface area contributed by atoms with E-state index >= 15 is 0 Å². The van der Waals surface area contributed by atoms with Crippen molar-refractivity contribution in [2.24, 2.45) is 4.99 Å².